The van der Waals surface area contributed by atoms with Gasteiger partial charge in [0.05, 0.1) is 6.10 Å². The zero-order valence-corrected chi connectivity index (χ0v) is 12.1. The molecule has 3 heteroatoms. The number of ether oxygens (including phenoxy) is 1. The van der Waals surface area contributed by atoms with Crippen LogP contribution in [-0.4, -0.2) is 5.11 Å². The van der Waals surface area contributed by atoms with E-state index in [1.165, 1.54) is 15.6 Å². The molecule has 1 aromatic heterocycles. The third kappa shape index (κ3) is 2.69. The molecule has 2 nitrogen and oxygen atoms in total. The minimum atomic E-state index is -0.440. The van der Waals surface area contributed by atoms with Gasteiger partial charge in [0.1, 0.15) is 12.4 Å². The van der Waals surface area contributed by atoms with Crippen LogP contribution in [0.4, 0.5) is 0 Å². The van der Waals surface area contributed by atoms with E-state index in [1.54, 1.807) is 18.3 Å². The van der Waals surface area contributed by atoms with E-state index in [4.69, 9.17) is 4.74 Å². The van der Waals surface area contributed by atoms with Crippen molar-refractivity contribution in [1.29, 1.82) is 0 Å². The third-order valence-electron chi connectivity index (χ3n) is 3.32. The molecule has 0 saturated carbocycles. The first kappa shape index (κ1) is 13.2. The molecule has 1 N–H and O–H groups in total. The fourth-order valence-electron chi connectivity index (χ4n) is 2.15. The quantitative estimate of drug-likeness (QED) is 0.762. The van der Waals surface area contributed by atoms with E-state index in [9.17, 15) is 5.11 Å². The molecule has 0 saturated heterocycles. The maximum absolute atomic E-state index is 9.47. The zero-order valence-electron chi connectivity index (χ0n) is 11.2. The topological polar surface area (TPSA) is 29.5 Å². The van der Waals surface area contributed by atoms with Crippen LogP contribution in [0.25, 0.3) is 10.1 Å². The van der Waals surface area contributed by atoms with Gasteiger partial charge in [-0.05, 0) is 41.5 Å². The van der Waals surface area contributed by atoms with Crippen molar-refractivity contribution >= 4 is 21.4 Å². The summed E-state index contributed by atoms with van der Waals surface area (Å²) < 4.78 is 7.11. The van der Waals surface area contributed by atoms with Crippen LogP contribution in [0.15, 0.2) is 53.9 Å². The highest BCUT2D eigenvalue weighted by Crippen LogP contribution is 2.27. The molecule has 0 radical (unpaired) electrons. The zero-order chi connectivity index (χ0) is 13.9. The van der Waals surface area contributed by atoms with Crippen molar-refractivity contribution in [3.8, 4) is 5.75 Å². The minimum Gasteiger partial charge on any atom is -0.489 e. The highest BCUT2D eigenvalue weighted by molar-refractivity contribution is 7.17. The van der Waals surface area contributed by atoms with Crippen LogP contribution in [-0.2, 0) is 6.61 Å². The van der Waals surface area contributed by atoms with Crippen molar-refractivity contribution in [2.45, 2.75) is 19.6 Å². The van der Waals surface area contributed by atoms with E-state index in [-0.39, 0.29) is 0 Å². The second-order valence-corrected chi connectivity index (χ2v) is 5.70. The van der Waals surface area contributed by atoms with Crippen LogP contribution in [0.2, 0.25) is 0 Å². The Kier molecular flexibility index (Phi) is 3.72. The van der Waals surface area contributed by atoms with Gasteiger partial charge >= 0.3 is 0 Å². The van der Waals surface area contributed by atoms with E-state index >= 15 is 0 Å². The molecule has 102 valence electrons. The molecule has 1 heterocycles. The number of aliphatic hydroxyl groups excluding tert-OH is 1. The molecule has 1 atom stereocenters. The lowest BCUT2D eigenvalue weighted by Crippen LogP contribution is -1.95. The molecular weight excluding hydrogens is 268 g/mol. The lowest BCUT2D eigenvalue weighted by atomic mass is 10.1. The predicted molar refractivity (Wildman–Crippen MR) is 83.2 cm³/mol. The Morgan fingerprint density at radius 1 is 1.10 bits per heavy atom. The summed E-state index contributed by atoms with van der Waals surface area (Å²) >= 11 is 1.74. The van der Waals surface area contributed by atoms with Gasteiger partial charge in [-0.1, -0.05) is 30.3 Å². The lowest BCUT2D eigenvalue weighted by molar-refractivity contribution is 0.199. The van der Waals surface area contributed by atoms with E-state index < -0.39 is 6.10 Å². The molecule has 3 aromatic rings. The predicted octanol–water partition coefficient (Wildman–Crippen LogP) is 4.53. The van der Waals surface area contributed by atoms with Crippen molar-refractivity contribution in [3.05, 3.63) is 65.0 Å². The Hall–Kier alpha value is -1.84. The van der Waals surface area contributed by atoms with Crippen LogP contribution in [0.3, 0.4) is 0 Å². The Bertz CT molecular complexity index is 698. The summed E-state index contributed by atoms with van der Waals surface area (Å²) in [5, 5.41) is 12.9. The minimum absolute atomic E-state index is 0.440. The summed E-state index contributed by atoms with van der Waals surface area (Å²) in [5.74, 6) is 0.824. The highest BCUT2D eigenvalue weighted by Gasteiger charge is 2.05. The third-order valence-corrected chi connectivity index (χ3v) is 4.33. The second kappa shape index (κ2) is 5.65. The number of aliphatic hydroxyl groups is 1. The molecule has 0 amide bonds. The summed E-state index contributed by atoms with van der Waals surface area (Å²) in [7, 11) is 0. The van der Waals surface area contributed by atoms with E-state index in [0.717, 1.165) is 11.3 Å². The molecule has 0 aliphatic heterocycles. The van der Waals surface area contributed by atoms with Crippen LogP contribution in [0.5, 0.6) is 5.75 Å². The van der Waals surface area contributed by atoms with Crippen molar-refractivity contribution in [3.63, 3.8) is 0 Å². The van der Waals surface area contributed by atoms with Crippen molar-refractivity contribution in [1.82, 2.24) is 0 Å². The number of thiophene rings is 1. The molecule has 0 aliphatic rings. The van der Waals surface area contributed by atoms with Gasteiger partial charge in [-0.25, -0.2) is 0 Å². The molecular formula is C17H16O2S. The standard InChI is InChI=1S/C17H16O2S/c1-12(18)13-6-8-15(9-7-13)19-10-14-11-20-17-5-3-2-4-16(14)17/h2-9,11-12,18H,10H2,1H3/t12-/m0/s1. The summed E-state index contributed by atoms with van der Waals surface area (Å²) in [6, 6.07) is 15.9. The van der Waals surface area contributed by atoms with Crippen LogP contribution >= 0.6 is 11.3 Å². The van der Waals surface area contributed by atoms with Gasteiger partial charge in [-0.3, -0.25) is 0 Å². The van der Waals surface area contributed by atoms with Crippen molar-refractivity contribution in [2.24, 2.45) is 0 Å². The van der Waals surface area contributed by atoms with Crippen molar-refractivity contribution in [2.75, 3.05) is 0 Å². The fourth-order valence-corrected chi connectivity index (χ4v) is 3.10. The SMILES string of the molecule is C[C@H](O)c1ccc(OCc2csc3ccccc23)cc1. The lowest BCUT2D eigenvalue weighted by Gasteiger charge is -2.08. The maximum Gasteiger partial charge on any atom is 0.119 e. The Morgan fingerprint density at radius 2 is 1.85 bits per heavy atom. The van der Waals surface area contributed by atoms with Crippen LogP contribution < -0.4 is 4.74 Å². The van der Waals surface area contributed by atoms with Crippen LogP contribution in [0.1, 0.15) is 24.2 Å². The van der Waals surface area contributed by atoms with Gasteiger partial charge in [0, 0.05) is 10.3 Å². The Balaban J connectivity index is 1.73. The smallest absolute Gasteiger partial charge is 0.119 e. The maximum atomic E-state index is 9.47. The molecule has 20 heavy (non-hydrogen) atoms. The summed E-state index contributed by atoms with van der Waals surface area (Å²) in [5.41, 5.74) is 2.11. The van der Waals surface area contributed by atoms with Gasteiger partial charge in [-0.15, -0.1) is 11.3 Å². The van der Waals surface area contributed by atoms with Gasteiger partial charge in [0.15, 0.2) is 0 Å². The van der Waals surface area contributed by atoms with Gasteiger partial charge in [-0.2, -0.15) is 0 Å². The van der Waals surface area contributed by atoms with E-state index in [0.29, 0.717) is 6.61 Å². The number of benzene rings is 2. The first-order valence-electron chi connectivity index (χ1n) is 6.60. The largest absolute Gasteiger partial charge is 0.489 e. The average Bonchev–Trinajstić information content (AvgIpc) is 2.89. The Morgan fingerprint density at radius 3 is 2.60 bits per heavy atom. The molecule has 0 aliphatic carbocycles. The molecule has 0 fully saturated rings. The first-order valence-corrected chi connectivity index (χ1v) is 7.48. The molecule has 0 bridgehead atoms. The fraction of sp³-hybridized carbons (Fsp3) is 0.176. The van der Waals surface area contributed by atoms with Gasteiger partial charge < -0.3 is 9.84 Å². The number of fused-ring (bicyclic) bond motifs is 1. The number of rotatable bonds is 4. The van der Waals surface area contributed by atoms with Gasteiger partial charge in [0.25, 0.3) is 0 Å². The molecule has 0 spiro atoms. The van der Waals surface area contributed by atoms with E-state index in [1.807, 2.05) is 24.3 Å². The van der Waals surface area contributed by atoms with E-state index in [2.05, 4.69) is 29.6 Å². The summed E-state index contributed by atoms with van der Waals surface area (Å²) in [6.45, 7) is 2.32. The number of hydrogen-bond donors (Lipinski definition) is 1. The normalized spacial score (nSPS) is 12.5. The molecule has 2 aromatic carbocycles. The van der Waals surface area contributed by atoms with Gasteiger partial charge in [0.2, 0.25) is 0 Å². The average molecular weight is 284 g/mol. The van der Waals surface area contributed by atoms with Crippen molar-refractivity contribution < 1.29 is 9.84 Å². The summed E-state index contributed by atoms with van der Waals surface area (Å²) in [4.78, 5) is 0. The molecule has 3 rings (SSSR count). The second-order valence-electron chi connectivity index (χ2n) is 4.79. The first-order chi connectivity index (χ1) is 9.74. The number of hydrogen-bond acceptors (Lipinski definition) is 3. The highest BCUT2D eigenvalue weighted by atomic mass is 32.1. The summed E-state index contributed by atoms with van der Waals surface area (Å²) in [6.07, 6.45) is -0.440. The molecule has 0 unspecified atom stereocenters. The van der Waals surface area contributed by atoms with Crippen LogP contribution in [0, 0.1) is 0 Å². The Labute approximate surface area is 122 Å². The monoisotopic (exact) mass is 284 g/mol.